The van der Waals surface area contributed by atoms with Crippen LogP contribution >= 0.6 is 0 Å². The molecule has 3 N–H and O–H groups in total. The highest BCUT2D eigenvalue weighted by molar-refractivity contribution is 6.04. The summed E-state index contributed by atoms with van der Waals surface area (Å²) in [6.45, 7) is 3.64. The zero-order chi connectivity index (χ0) is 22.5. The molecule has 1 amide bonds. The summed E-state index contributed by atoms with van der Waals surface area (Å²) in [6, 6.07) is 17.1. The zero-order valence-corrected chi connectivity index (χ0v) is 17.6. The van der Waals surface area contributed by atoms with Crippen LogP contribution in [0.15, 0.2) is 73.2 Å². The number of halogens is 1. The van der Waals surface area contributed by atoms with Gasteiger partial charge in [0.2, 0.25) is 0 Å². The molecular formula is C24H21FN6O. The van der Waals surface area contributed by atoms with Crippen LogP contribution < -0.4 is 16.0 Å². The Kier molecular flexibility index (Phi) is 6.03. The topological polar surface area (TPSA) is 91.8 Å². The van der Waals surface area contributed by atoms with Crippen LogP contribution in [-0.4, -0.2) is 20.9 Å². The van der Waals surface area contributed by atoms with Crippen LogP contribution in [0, 0.1) is 19.7 Å². The third-order valence-electron chi connectivity index (χ3n) is 4.69. The minimum atomic E-state index is -0.408. The maximum absolute atomic E-state index is 13.7. The predicted octanol–water partition coefficient (Wildman–Crippen LogP) is 5.37. The number of benzene rings is 2. The average Bonchev–Trinajstić information content (AvgIpc) is 2.77. The SMILES string of the molecule is Cc1ccnc(Nc2cc(Nc3ccc(NC(=O)c4ccc(C)c(F)c4)cc3)ncn2)c1. The van der Waals surface area contributed by atoms with E-state index in [2.05, 4.69) is 30.9 Å². The Balaban J connectivity index is 1.40. The molecule has 0 unspecified atom stereocenters. The van der Waals surface area contributed by atoms with Gasteiger partial charge in [0.1, 0.15) is 29.6 Å². The number of carbonyl (C=O) groups excluding carboxylic acids is 1. The molecule has 7 nitrogen and oxygen atoms in total. The molecule has 2 heterocycles. The number of hydrogen-bond acceptors (Lipinski definition) is 6. The van der Waals surface area contributed by atoms with Crippen molar-refractivity contribution < 1.29 is 9.18 Å². The summed E-state index contributed by atoms with van der Waals surface area (Å²) in [5.41, 5.74) is 3.23. The van der Waals surface area contributed by atoms with Crippen LogP contribution in [0.5, 0.6) is 0 Å². The molecule has 0 saturated carbocycles. The largest absolute Gasteiger partial charge is 0.340 e. The van der Waals surface area contributed by atoms with Crippen molar-refractivity contribution in [2.24, 2.45) is 0 Å². The maximum Gasteiger partial charge on any atom is 0.255 e. The number of nitrogens with one attached hydrogen (secondary N) is 3. The summed E-state index contributed by atoms with van der Waals surface area (Å²) in [4.78, 5) is 25.1. The summed E-state index contributed by atoms with van der Waals surface area (Å²) in [7, 11) is 0. The number of rotatable bonds is 6. The molecule has 0 aliphatic rings. The van der Waals surface area contributed by atoms with E-state index < -0.39 is 5.82 Å². The number of pyridine rings is 1. The smallest absolute Gasteiger partial charge is 0.255 e. The fraction of sp³-hybridized carbons (Fsp3) is 0.0833. The van der Waals surface area contributed by atoms with E-state index in [4.69, 9.17) is 0 Å². The lowest BCUT2D eigenvalue weighted by Gasteiger charge is -2.10. The lowest BCUT2D eigenvalue weighted by molar-refractivity contribution is 0.102. The Morgan fingerprint density at radius 1 is 0.781 bits per heavy atom. The van der Waals surface area contributed by atoms with Gasteiger partial charge in [-0.25, -0.2) is 19.3 Å². The van der Waals surface area contributed by atoms with Gasteiger partial charge in [-0.05, 0) is 73.5 Å². The molecule has 32 heavy (non-hydrogen) atoms. The molecule has 8 heteroatoms. The third-order valence-corrected chi connectivity index (χ3v) is 4.69. The first-order valence-corrected chi connectivity index (χ1v) is 9.92. The highest BCUT2D eigenvalue weighted by Gasteiger charge is 2.09. The van der Waals surface area contributed by atoms with E-state index in [0.29, 0.717) is 28.7 Å². The number of nitrogens with zero attached hydrogens (tertiary/aromatic N) is 3. The van der Waals surface area contributed by atoms with Crippen molar-refractivity contribution in [2.45, 2.75) is 13.8 Å². The van der Waals surface area contributed by atoms with Gasteiger partial charge in [0.15, 0.2) is 0 Å². The Hall–Kier alpha value is -4.33. The molecule has 160 valence electrons. The Morgan fingerprint density at radius 2 is 1.47 bits per heavy atom. The van der Waals surface area contributed by atoms with E-state index in [0.717, 1.165) is 11.3 Å². The van der Waals surface area contributed by atoms with Gasteiger partial charge in [-0.1, -0.05) is 6.07 Å². The van der Waals surface area contributed by atoms with Crippen molar-refractivity contribution in [1.29, 1.82) is 0 Å². The highest BCUT2D eigenvalue weighted by Crippen LogP contribution is 2.21. The first-order valence-electron chi connectivity index (χ1n) is 9.92. The maximum atomic E-state index is 13.7. The van der Waals surface area contributed by atoms with Gasteiger partial charge in [-0.2, -0.15) is 0 Å². The number of aromatic nitrogens is 3. The number of aryl methyl sites for hydroxylation is 2. The molecule has 2 aromatic heterocycles. The highest BCUT2D eigenvalue weighted by atomic mass is 19.1. The molecule has 4 rings (SSSR count). The standard InChI is InChI=1S/C24H21FN6O/c1-15-9-10-26-21(11-15)31-23-13-22(27-14-28-23)29-18-5-7-19(8-6-18)30-24(32)17-4-3-16(2)20(25)12-17/h3-14H,1-2H3,(H,30,32)(H2,26,27,28,29,31). The van der Waals surface area contributed by atoms with E-state index in [1.54, 1.807) is 43.5 Å². The first kappa shape index (κ1) is 20.9. The molecule has 0 radical (unpaired) electrons. The number of carbonyl (C=O) groups is 1. The summed E-state index contributed by atoms with van der Waals surface area (Å²) in [5, 5.41) is 9.10. The molecule has 0 spiro atoms. The fourth-order valence-electron chi connectivity index (χ4n) is 2.95. The normalized spacial score (nSPS) is 10.5. The molecule has 0 aliphatic heterocycles. The van der Waals surface area contributed by atoms with E-state index >= 15 is 0 Å². The van der Waals surface area contributed by atoms with Crippen LogP contribution in [0.3, 0.4) is 0 Å². The van der Waals surface area contributed by atoms with E-state index in [1.807, 2.05) is 31.2 Å². The van der Waals surface area contributed by atoms with E-state index in [1.165, 1.54) is 12.4 Å². The van der Waals surface area contributed by atoms with Crippen molar-refractivity contribution in [3.05, 3.63) is 95.7 Å². The number of anilines is 5. The van der Waals surface area contributed by atoms with Crippen LogP contribution in [-0.2, 0) is 0 Å². The van der Waals surface area contributed by atoms with Crippen LogP contribution in [0.1, 0.15) is 21.5 Å². The average molecular weight is 428 g/mol. The van der Waals surface area contributed by atoms with Crippen molar-refractivity contribution in [3.8, 4) is 0 Å². The summed E-state index contributed by atoms with van der Waals surface area (Å²) < 4.78 is 13.7. The first-order chi connectivity index (χ1) is 15.5. The van der Waals surface area contributed by atoms with Crippen LogP contribution in [0.4, 0.5) is 33.2 Å². The molecule has 4 aromatic rings. The Morgan fingerprint density at radius 3 is 2.19 bits per heavy atom. The predicted molar refractivity (Wildman–Crippen MR) is 123 cm³/mol. The van der Waals surface area contributed by atoms with E-state index in [9.17, 15) is 9.18 Å². The lowest BCUT2D eigenvalue weighted by atomic mass is 10.1. The molecule has 2 aromatic carbocycles. The third kappa shape index (κ3) is 5.23. The summed E-state index contributed by atoms with van der Waals surface area (Å²) >= 11 is 0. The zero-order valence-electron chi connectivity index (χ0n) is 17.6. The van der Waals surface area contributed by atoms with Gasteiger partial charge in [0.25, 0.3) is 5.91 Å². The monoisotopic (exact) mass is 428 g/mol. The molecule has 0 saturated heterocycles. The molecular weight excluding hydrogens is 407 g/mol. The quantitative estimate of drug-likeness (QED) is 0.383. The van der Waals surface area contributed by atoms with Crippen molar-refractivity contribution in [1.82, 2.24) is 15.0 Å². The molecule has 0 bridgehead atoms. The molecule has 0 fully saturated rings. The second kappa shape index (κ2) is 9.22. The lowest BCUT2D eigenvalue weighted by Crippen LogP contribution is -2.12. The van der Waals surface area contributed by atoms with Gasteiger partial charge in [-0.3, -0.25) is 4.79 Å². The van der Waals surface area contributed by atoms with Gasteiger partial charge in [0, 0.05) is 29.2 Å². The van der Waals surface area contributed by atoms with E-state index in [-0.39, 0.29) is 11.5 Å². The van der Waals surface area contributed by atoms with Gasteiger partial charge in [-0.15, -0.1) is 0 Å². The summed E-state index contributed by atoms with van der Waals surface area (Å²) in [5.74, 6) is 1.12. The van der Waals surface area contributed by atoms with Gasteiger partial charge in [0.05, 0.1) is 0 Å². The Labute approximate surface area is 184 Å². The van der Waals surface area contributed by atoms with Crippen LogP contribution in [0.25, 0.3) is 0 Å². The summed E-state index contributed by atoms with van der Waals surface area (Å²) in [6.07, 6.45) is 3.18. The van der Waals surface area contributed by atoms with Crippen molar-refractivity contribution >= 4 is 34.7 Å². The number of amides is 1. The van der Waals surface area contributed by atoms with Gasteiger partial charge < -0.3 is 16.0 Å². The molecule has 0 aliphatic carbocycles. The van der Waals surface area contributed by atoms with Crippen molar-refractivity contribution in [3.63, 3.8) is 0 Å². The fourth-order valence-corrected chi connectivity index (χ4v) is 2.95. The minimum Gasteiger partial charge on any atom is -0.340 e. The minimum absolute atomic E-state index is 0.263. The van der Waals surface area contributed by atoms with Gasteiger partial charge >= 0.3 is 0 Å². The molecule has 0 atom stereocenters. The number of hydrogen-bond donors (Lipinski definition) is 3. The second-order valence-corrected chi connectivity index (χ2v) is 7.25. The Bertz CT molecular complexity index is 1260. The van der Waals surface area contributed by atoms with Crippen LogP contribution in [0.2, 0.25) is 0 Å². The second-order valence-electron chi connectivity index (χ2n) is 7.25. The van der Waals surface area contributed by atoms with Crippen molar-refractivity contribution in [2.75, 3.05) is 16.0 Å².